The molecule has 2 N–H and O–H groups in total. The second-order valence-electron chi connectivity index (χ2n) is 4.45. The normalized spacial score (nSPS) is 11.1. The van der Waals surface area contributed by atoms with Crippen molar-refractivity contribution < 1.29 is 5.11 Å². The molecule has 0 saturated heterocycles. The van der Waals surface area contributed by atoms with Crippen LogP contribution in [0, 0.1) is 0 Å². The molecular weight excluding hydrogens is 260 g/mol. The number of aromatic amines is 1. The molecule has 3 rings (SSSR count). The number of H-pyrrole nitrogens is 1. The van der Waals surface area contributed by atoms with E-state index in [0.29, 0.717) is 16.4 Å². The molecule has 0 aliphatic heterocycles. The largest absolute Gasteiger partial charge is 0.508 e. The molecule has 0 bridgehead atoms. The highest BCUT2D eigenvalue weighted by molar-refractivity contribution is 6.33. The second-order valence-corrected chi connectivity index (χ2v) is 4.86. The molecular formula is C15H13ClN2O. The minimum Gasteiger partial charge on any atom is -0.508 e. The van der Waals surface area contributed by atoms with E-state index in [0.717, 1.165) is 17.5 Å². The summed E-state index contributed by atoms with van der Waals surface area (Å²) in [4.78, 5) is 7.76. The van der Waals surface area contributed by atoms with E-state index in [2.05, 4.69) is 29.0 Å². The van der Waals surface area contributed by atoms with Crippen LogP contribution in [0.1, 0.15) is 12.5 Å². The number of benzene rings is 2. The number of aromatic nitrogens is 2. The summed E-state index contributed by atoms with van der Waals surface area (Å²) in [6, 6.07) is 11.0. The van der Waals surface area contributed by atoms with Crippen molar-refractivity contribution in [2.45, 2.75) is 13.3 Å². The van der Waals surface area contributed by atoms with Crippen molar-refractivity contribution in [3.05, 3.63) is 47.0 Å². The summed E-state index contributed by atoms with van der Waals surface area (Å²) in [5, 5.41) is 10.1. The summed E-state index contributed by atoms with van der Waals surface area (Å²) in [5.41, 5.74) is 3.83. The first-order valence-corrected chi connectivity index (χ1v) is 6.52. The van der Waals surface area contributed by atoms with Gasteiger partial charge in [-0.2, -0.15) is 0 Å². The standard InChI is InChI=1S/C15H13ClN2O/c1-2-9-3-6-13-14(7-9)18-15(17-13)11-8-10(19)4-5-12(11)16/h3-8,19H,2H2,1H3,(H,17,18). The third-order valence-corrected chi connectivity index (χ3v) is 3.49. The van der Waals surface area contributed by atoms with Gasteiger partial charge >= 0.3 is 0 Å². The molecule has 0 aliphatic rings. The van der Waals surface area contributed by atoms with E-state index in [1.165, 1.54) is 5.56 Å². The van der Waals surface area contributed by atoms with Gasteiger partial charge in [0.05, 0.1) is 16.1 Å². The van der Waals surface area contributed by atoms with Gasteiger partial charge in [-0.05, 0) is 42.3 Å². The summed E-state index contributed by atoms with van der Waals surface area (Å²) < 4.78 is 0. The first-order chi connectivity index (χ1) is 9.17. The summed E-state index contributed by atoms with van der Waals surface area (Å²) in [6.07, 6.45) is 0.983. The maximum absolute atomic E-state index is 9.56. The zero-order chi connectivity index (χ0) is 13.4. The van der Waals surface area contributed by atoms with Crippen molar-refractivity contribution in [1.29, 1.82) is 0 Å². The maximum atomic E-state index is 9.56. The minimum atomic E-state index is 0.175. The average molecular weight is 273 g/mol. The van der Waals surface area contributed by atoms with E-state index < -0.39 is 0 Å². The quantitative estimate of drug-likeness (QED) is 0.736. The molecule has 0 spiro atoms. The number of rotatable bonds is 2. The number of halogens is 1. The number of nitrogens with one attached hydrogen (secondary N) is 1. The molecule has 0 fully saturated rings. The molecule has 96 valence electrons. The molecule has 3 aromatic rings. The van der Waals surface area contributed by atoms with Crippen molar-refractivity contribution in [1.82, 2.24) is 9.97 Å². The summed E-state index contributed by atoms with van der Waals surface area (Å²) in [7, 11) is 0. The SMILES string of the molecule is CCc1ccc2nc(-c3cc(O)ccc3Cl)[nH]c2c1. The van der Waals surface area contributed by atoms with Crippen LogP contribution in [0.4, 0.5) is 0 Å². The van der Waals surface area contributed by atoms with E-state index in [1.54, 1.807) is 18.2 Å². The highest BCUT2D eigenvalue weighted by Gasteiger charge is 2.10. The Bertz CT molecular complexity index is 749. The summed E-state index contributed by atoms with van der Waals surface area (Å²) in [6.45, 7) is 2.12. The molecule has 0 radical (unpaired) electrons. The zero-order valence-electron chi connectivity index (χ0n) is 10.4. The zero-order valence-corrected chi connectivity index (χ0v) is 11.2. The van der Waals surface area contributed by atoms with Crippen LogP contribution in [0.25, 0.3) is 22.4 Å². The number of imidazole rings is 1. The molecule has 19 heavy (non-hydrogen) atoms. The molecule has 4 heteroatoms. The highest BCUT2D eigenvalue weighted by atomic mass is 35.5. The van der Waals surface area contributed by atoms with Crippen LogP contribution in [0.2, 0.25) is 5.02 Å². The minimum absolute atomic E-state index is 0.175. The molecule has 0 saturated carbocycles. The fraction of sp³-hybridized carbons (Fsp3) is 0.133. The lowest BCUT2D eigenvalue weighted by Gasteiger charge is -2.00. The number of hydrogen-bond acceptors (Lipinski definition) is 2. The lowest BCUT2D eigenvalue weighted by Crippen LogP contribution is -1.81. The van der Waals surface area contributed by atoms with Crippen LogP contribution < -0.4 is 0 Å². The molecule has 0 aliphatic carbocycles. The van der Waals surface area contributed by atoms with E-state index in [1.807, 2.05) is 6.07 Å². The van der Waals surface area contributed by atoms with Gasteiger partial charge in [-0.1, -0.05) is 24.6 Å². The van der Waals surface area contributed by atoms with Crippen molar-refractivity contribution in [2.75, 3.05) is 0 Å². The van der Waals surface area contributed by atoms with Crippen LogP contribution in [-0.2, 0) is 6.42 Å². The van der Waals surface area contributed by atoms with E-state index >= 15 is 0 Å². The lowest BCUT2D eigenvalue weighted by molar-refractivity contribution is 0.475. The molecule has 3 nitrogen and oxygen atoms in total. The first-order valence-electron chi connectivity index (χ1n) is 6.15. The van der Waals surface area contributed by atoms with Crippen molar-refractivity contribution in [3.8, 4) is 17.1 Å². The summed E-state index contributed by atoms with van der Waals surface area (Å²) in [5.74, 6) is 0.846. The first kappa shape index (κ1) is 12.1. The predicted octanol–water partition coefficient (Wildman–Crippen LogP) is 4.15. The smallest absolute Gasteiger partial charge is 0.140 e. The van der Waals surface area contributed by atoms with Gasteiger partial charge < -0.3 is 10.1 Å². The third kappa shape index (κ3) is 2.17. The number of aromatic hydroxyl groups is 1. The predicted molar refractivity (Wildman–Crippen MR) is 77.6 cm³/mol. The van der Waals surface area contributed by atoms with Gasteiger partial charge in [0.1, 0.15) is 11.6 Å². The van der Waals surface area contributed by atoms with Crippen LogP contribution in [0.15, 0.2) is 36.4 Å². The number of fused-ring (bicyclic) bond motifs is 1. The van der Waals surface area contributed by atoms with Gasteiger partial charge in [0.15, 0.2) is 0 Å². The Balaban J connectivity index is 2.17. The van der Waals surface area contributed by atoms with Crippen molar-refractivity contribution in [2.24, 2.45) is 0 Å². The maximum Gasteiger partial charge on any atom is 0.140 e. The number of aryl methyl sites for hydroxylation is 1. The third-order valence-electron chi connectivity index (χ3n) is 3.16. The van der Waals surface area contributed by atoms with E-state index in [-0.39, 0.29) is 5.75 Å². The molecule has 0 unspecified atom stereocenters. The second kappa shape index (κ2) is 4.59. The topological polar surface area (TPSA) is 48.9 Å². The number of phenols is 1. The van der Waals surface area contributed by atoms with Gasteiger partial charge in [0.25, 0.3) is 0 Å². The molecule has 1 aromatic heterocycles. The fourth-order valence-electron chi connectivity index (χ4n) is 2.10. The summed E-state index contributed by atoms with van der Waals surface area (Å²) >= 11 is 6.15. The Morgan fingerprint density at radius 3 is 2.84 bits per heavy atom. The van der Waals surface area contributed by atoms with E-state index in [4.69, 9.17) is 11.6 Å². The number of nitrogens with zero attached hydrogens (tertiary/aromatic N) is 1. The van der Waals surface area contributed by atoms with Gasteiger partial charge in [-0.3, -0.25) is 0 Å². The highest BCUT2D eigenvalue weighted by Crippen LogP contribution is 2.30. The van der Waals surface area contributed by atoms with Crippen LogP contribution >= 0.6 is 11.6 Å². The molecule has 1 heterocycles. The number of hydrogen-bond donors (Lipinski definition) is 2. The van der Waals surface area contributed by atoms with Gasteiger partial charge in [0.2, 0.25) is 0 Å². The van der Waals surface area contributed by atoms with E-state index in [9.17, 15) is 5.11 Å². The molecule has 0 amide bonds. The Morgan fingerprint density at radius 2 is 2.05 bits per heavy atom. The van der Waals surface area contributed by atoms with Crippen molar-refractivity contribution >= 4 is 22.6 Å². The molecule has 2 aromatic carbocycles. The van der Waals surface area contributed by atoms with Crippen LogP contribution in [0.3, 0.4) is 0 Å². The Morgan fingerprint density at radius 1 is 1.21 bits per heavy atom. The van der Waals surface area contributed by atoms with Crippen LogP contribution in [-0.4, -0.2) is 15.1 Å². The fourth-order valence-corrected chi connectivity index (χ4v) is 2.31. The van der Waals surface area contributed by atoms with Crippen LogP contribution in [0.5, 0.6) is 5.75 Å². The Labute approximate surface area is 115 Å². The Kier molecular flexibility index (Phi) is 2.91. The van der Waals surface area contributed by atoms with Gasteiger partial charge in [-0.15, -0.1) is 0 Å². The monoisotopic (exact) mass is 272 g/mol. The number of phenolic OH excluding ortho intramolecular Hbond substituents is 1. The Hall–Kier alpha value is -2.00. The van der Waals surface area contributed by atoms with Crippen molar-refractivity contribution in [3.63, 3.8) is 0 Å². The lowest BCUT2D eigenvalue weighted by atomic mass is 10.1. The van der Waals surface area contributed by atoms with Gasteiger partial charge in [0, 0.05) is 5.56 Å². The molecule has 0 atom stereocenters. The average Bonchev–Trinajstić information content (AvgIpc) is 2.83. The van der Waals surface area contributed by atoms with Gasteiger partial charge in [-0.25, -0.2) is 4.98 Å².